The lowest BCUT2D eigenvalue weighted by Crippen LogP contribution is -2.26. The van der Waals surface area contributed by atoms with E-state index in [-0.39, 0.29) is 6.04 Å². The lowest BCUT2D eigenvalue weighted by Gasteiger charge is -2.19. The number of halogens is 1. The van der Waals surface area contributed by atoms with Gasteiger partial charge in [-0.3, -0.25) is 11.3 Å². The summed E-state index contributed by atoms with van der Waals surface area (Å²) in [4.78, 5) is 0. The van der Waals surface area contributed by atoms with Crippen molar-refractivity contribution >= 4 is 11.6 Å². The zero-order chi connectivity index (χ0) is 11.6. The highest BCUT2D eigenvalue weighted by molar-refractivity contribution is 6.32. The van der Waals surface area contributed by atoms with E-state index >= 15 is 0 Å². The highest BCUT2D eigenvalue weighted by Gasteiger charge is 2.16. The zero-order valence-corrected chi connectivity index (χ0v) is 10.3. The van der Waals surface area contributed by atoms with Crippen molar-refractivity contribution in [1.29, 1.82) is 0 Å². The number of benzene rings is 1. The quantitative estimate of drug-likeness (QED) is 0.617. The molecule has 0 saturated heterocycles. The lowest BCUT2D eigenvalue weighted by atomic mass is 9.99. The van der Waals surface area contributed by atoms with Crippen molar-refractivity contribution in [1.82, 2.24) is 5.43 Å². The van der Waals surface area contributed by atoms with Crippen LogP contribution in [0.3, 0.4) is 0 Å². The highest BCUT2D eigenvalue weighted by Crippen LogP contribution is 2.35. The van der Waals surface area contributed by atoms with Crippen LogP contribution in [0.15, 0.2) is 6.07 Å². The molecule has 1 aromatic rings. The first-order valence-corrected chi connectivity index (χ1v) is 5.20. The molecule has 0 radical (unpaired) electrons. The number of hydrogen-bond donors (Lipinski definition) is 2. The van der Waals surface area contributed by atoms with Crippen LogP contribution < -0.4 is 16.0 Å². The van der Waals surface area contributed by atoms with Crippen LogP contribution in [-0.2, 0) is 0 Å². The van der Waals surface area contributed by atoms with Gasteiger partial charge in [0, 0.05) is 16.6 Å². The smallest absolute Gasteiger partial charge is 0.124 e. The van der Waals surface area contributed by atoms with Crippen LogP contribution in [0.2, 0.25) is 5.02 Å². The SMILES string of the molecule is COc1cc(C)c(Cl)c(C)c1C(C)NN. The molecule has 15 heavy (non-hydrogen) atoms. The maximum Gasteiger partial charge on any atom is 0.124 e. The Kier molecular flexibility index (Phi) is 3.97. The third-order valence-corrected chi connectivity index (χ3v) is 3.18. The molecule has 0 saturated carbocycles. The van der Waals surface area contributed by atoms with E-state index in [0.29, 0.717) is 0 Å². The predicted octanol–water partition coefficient (Wildman–Crippen LogP) is 2.49. The Morgan fingerprint density at radius 2 is 2.07 bits per heavy atom. The van der Waals surface area contributed by atoms with Crippen molar-refractivity contribution in [3.63, 3.8) is 0 Å². The van der Waals surface area contributed by atoms with Gasteiger partial charge in [-0.2, -0.15) is 0 Å². The molecule has 0 heterocycles. The largest absolute Gasteiger partial charge is 0.496 e. The van der Waals surface area contributed by atoms with Crippen molar-refractivity contribution in [3.8, 4) is 5.75 Å². The molecule has 0 fully saturated rings. The summed E-state index contributed by atoms with van der Waals surface area (Å²) in [5.74, 6) is 6.26. The number of ether oxygens (including phenoxy) is 1. The lowest BCUT2D eigenvalue weighted by molar-refractivity contribution is 0.401. The molecule has 1 atom stereocenters. The van der Waals surface area contributed by atoms with Crippen molar-refractivity contribution in [3.05, 3.63) is 27.8 Å². The van der Waals surface area contributed by atoms with Gasteiger partial charge in [-0.25, -0.2) is 0 Å². The minimum Gasteiger partial charge on any atom is -0.496 e. The number of hydrogen-bond acceptors (Lipinski definition) is 3. The molecular weight excluding hydrogens is 212 g/mol. The van der Waals surface area contributed by atoms with Crippen molar-refractivity contribution in [2.24, 2.45) is 5.84 Å². The minimum atomic E-state index is 0.0121. The highest BCUT2D eigenvalue weighted by atomic mass is 35.5. The Labute approximate surface area is 95.5 Å². The molecule has 0 aliphatic heterocycles. The van der Waals surface area contributed by atoms with E-state index < -0.39 is 0 Å². The summed E-state index contributed by atoms with van der Waals surface area (Å²) in [6.45, 7) is 5.90. The van der Waals surface area contributed by atoms with Gasteiger partial charge < -0.3 is 4.74 Å². The fourth-order valence-corrected chi connectivity index (χ4v) is 1.88. The van der Waals surface area contributed by atoms with E-state index in [4.69, 9.17) is 22.2 Å². The monoisotopic (exact) mass is 228 g/mol. The van der Waals surface area contributed by atoms with E-state index in [1.165, 1.54) is 0 Å². The van der Waals surface area contributed by atoms with Gasteiger partial charge in [0.2, 0.25) is 0 Å². The molecule has 3 nitrogen and oxygen atoms in total. The predicted molar refractivity (Wildman–Crippen MR) is 63.2 cm³/mol. The molecule has 0 bridgehead atoms. The first-order valence-electron chi connectivity index (χ1n) is 4.82. The van der Waals surface area contributed by atoms with E-state index in [2.05, 4.69) is 5.43 Å². The van der Waals surface area contributed by atoms with Gasteiger partial charge in [-0.1, -0.05) is 11.6 Å². The molecule has 84 valence electrons. The van der Waals surface area contributed by atoms with Gasteiger partial charge in [0.25, 0.3) is 0 Å². The summed E-state index contributed by atoms with van der Waals surface area (Å²) in [5.41, 5.74) is 5.74. The molecule has 0 amide bonds. The molecule has 0 aromatic heterocycles. The fourth-order valence-electron chi connectivity index (χ4n) is 1.73. The Balaban J connectivity index is 3.40. The second kappa shape index (κ2) is 4.84. The Morgan fingerprint density at radius 3 is 2.53 bits per heavy atom. The summed E-state index contributed by atoms with van der Waals surface area (Å²) in [6.07, 6.45) is 0. The number of aryl methyl sites for hydroxylation is 1. The van der Waals surface area contributed by atoms with Crippen molar-refractivity contribution in [2.45, 2.75) is 26.8 Å². The minimum absolute atomic E-state index is 0.0121. The standard InChI is InChI=1S/C11H17ClN2O/c1-6-5-9(15-4)10(8(3)14-13)7(2)11(6)12/h5,8,14H,13H2,1-4H3. The molecule has 1 aromatic carbocycles. The van der Waals surface area contributed by atoms with Gasteiger partial charge >= 0.3 is 0 Å². The van der Waals surface area contributed by atoms with Crippen LogP contribution in [0.4, 0.5) is 0 Å². The van der Waals surface area contributed by atoms with Crippen LogP contribution in [0.25, 0.3) is 0 Å². The van der Waals surface area contributed by atoms with Gasteiger partial charge in [-0.15, -0.1) is 0 Å². The number of methoxy groups -OCH3 is 1. The Morgan fingerprint density at radius 1 is 1.47 bits per heavy atom. The van der Waals surface area contributed by atoms with Gasteiger partial charge in [0.15, 0.2) is 0 Å². The molecule has 1 unspecified atom stereocenters. The van der Waals surface area contributed by atoms with Crippen molar-refractivity contribution in [2.75, 3.05) is 7.11 Å². The van der Waals surface area contributed by atoms with E-state index in [1.54, 1.807) is 7.11 Å². The second-order valence-electron chi connectivity index (χ2n) is 3.64. The van der Waals surface area contributed by atoms with Crippen LogP contribution in [-0.4, -0.2) is 7.11 Å². The molecule has 1 rings (SSSR count). The first-order chi connectivity index (χ1) is 7.02. The van der Waals surface area contributed by atoms with Gasteiger partial charge in [0.1, 0.15) is 5.75 Å². The Bertz CT molecular complexity index is 366. The van der Waals surface area contributed by atoms with Crippen molar-refractivity contribution < 1.29 is 4.74 Å². The molecule has 0 aliphatic carbocycles. The number of hydrazine groups is 1. The van der Waals surface area contributed by atoms with Crippen LogP contribution in [0, 0.1) is 13.8 Å². The van der Waals surface area contributed by atoms with E-state index in [9.17, 15) is 0 Å². The van der Waals surface area contributed by atoms with Gasteiger partial charge in [-0.05, 0) is 38.0 Å². The third kappa shape index (κ3) is 2.25. The van der Waals surface area contributed by atoms with E-state index in [0.717, 1.165) is 27.5 Å². The third-order valence-electron chi connectivity index (χ3n) is 2.60. The average Bonchev–Trinajstić information content (AvgIpc) is 2.24. The number of nitrogens with two attached hydrogens (primary N) is 1. The molecular formula is C11H17ClN2O. The topological polar surface area (TPSA) is 47.3 Å². The van der Waals surface area contributed by atoms with Crippen LogP contribution in [0.5, 0.6) is 5.75 Å². The normalized spacial score (nSPS) is 12.7. The first kappa shape index (κ1) is 12.3. The average molecular weight is 229 g/mol. The van der Waals surface area contributed by atoms with E-state index in [1.807, 2.05) is 26.8 Å². The number of rotatable bonds is 3. The molecule has 3 N–H and O–H groups in total. The summed E-state index contributed by atoms with van der Waals surface area (Å²) in [7, 11) is 1.65. The molecule has 0 aliphatic rings. The second-order valence-corrected chi connectivity index (χ2v) is 4.01. The molecule has 0 spiro atoms. The van der Waals surface area contributed by atoms with Crippen LogP contribution in [0.1, 0.15) is 29.7 Å². The summed E-state index contributed by atoms with van der Waals surface area (Å²) in [6, 6.07) is 1.94. The fraction of sp³-hybridized carbons (Fsp3) is 0.455. The molecule has 4 heteroatoms. The summed E-state index contributed by atoms with van der Waals surface area (Å²) < 4.78 is 5.33. The zero-order valence-electron chi connectivity index (χ0n) is 9.52. The maximum atomic E-state index is 6.19. The van der Waals surface area contributed by atoms with Gasteiger partial charge in [0.05, 0.1) is 7.11 Å². The summed E-state index contributed by atoms with van der Waals surface area (Å²) >= 11 is 6.19. The van der Waals surface area contributed by atoms with Crippen LogP contribution >= 0.6 is 11.6 Å². The summed E-state index contributed by atoms with van der Waals surface area (Å²) in [5, 5.41) is 0.771. The Hall–Kier alpha value is -0.770. The number of nitrogens with one attached hydrogen (secondary N) is 1. The maximum absolute atomic E-state index is 6.19.